The zero-order valence-corrected chi connectivity index (χ0v) is 11.8. The first-order chi connectivity index (χ1) is 10.2. The molecule has 0 saturated carbocycles. The molecule has 0 fully saturated rings. The fourth-order valence-electron chi connectivity index (χ4n) is 1.86. The molecule has 1 N–H and O–H groups in total. The molecule has 0 aliphatic rings. The molecule has 0 atom stereocenters. The van der Waals surface area contributed by atoms with E-state index in [1.54, 1.807) is 48.4 Å². The van der Waals surface area contributed by atoms with Crippen LogP contribution in [0, 0.1) is 5.82 Å². The first-order valence-electron chi connectivity index (χ1n) is 6.33. The first-order valence-corrected chi connectivity index (χ1v) is 7.31. The van der Waals surface area contributed by atoms with E-state index in [1.165, 1.54) is 12.1 Å². The summed E-state index contributed by atoms with van der Waals surface area (Å²) in [5, 5.41) is 9.41. The van der Waals surface area contributed by atoms with Gasteiger partial charge in [-0.1, -0.05) is 12.1 Å². The van der Waals surface area contributed by atoms with Gasteiger partial charge in [-0.25, -0.2) is 9.37 Å². The monoisotopic (exact) mass is 301 g/mol. The van der Waals surface area contributed by atoms with E-state index >= 15 is 0 Å². The smallest absolute Gasteiger partial charge is 0.226 e. The number of benzene rings is 2. The van der Waals surface area contributed by atoms with Gasteiger partial charge >= 0.3 is 0 Å². The zero-order chi connectivity index (χ0) is 14.7. The molecule has 0 spiro atoms. The fraction of sp³-hybridized carbons (Fsp3) is 0.0625. The Labute approximate surface area is 125 Å². The van der Waals surface area contributed by atoms with Crippen LogP contribution in [-0.2, 0) is 5.75 Å². The Morgan fingerprint density at radius 3 is 2.81 bits per heavy atom. The summed E-state index contributed by atoms with van der Waals surface area (Å²) in [6.45, 7) is 0. The Kier molecular flexibility index (Phi) is 3.92. The SMILES string of the molecule is Oc1cccc(SCc2coc(-c3cccc(F)c3)n2)c1. The van der Waals surface area contributed by atoms with Crippen LogP contribution in [0.25, 0.3) is 11.5 Å². The summed E-state index contributed by atoms with van der Waals surface area (Å²) in [5.74, 6) is 0.936. The quantitative estimate of drug-likeness (QED) is 0.722. The molecule has 0 radical (unpaired) electrons. The summed E-state index contributed by atoms with van der Waals surface area (Å²) < 4.78 is 18.5. The van der Waals surface area contributed by atoms with E-state index in [4.69, 9.17) is 4.42 Å². The van der Waals surface area contributed by atoms with Crippen molar-refractivity contribution < 1.29 is 13.9 Å². The molecule has 21 heavy (non-hydrogen) atoms. The van der Waals surface area contributed by atoms with Gasteiger partial charge in [0.15, 0.2) is 0 Å². The summed E-state index contributed by atoms with van der Waals surface area (Å²) in [6.07, 6.45) is 1.57. The Morgan fingerprint density at radius 2 is 2.00 bits per heavy atom. The van der Waals surface area contributed by atoms with E-state index in [0.717, 1.165) is 10.6 Å². The van der Waals surface area contributed by atoms with E-state index in [0.29, 0.717) is 17.2 Å². The molecule has 0 saturated heterocycles. The minimum absolute atomic E-state index is 0.237. The molecular formula is C16H12FNO2S. The van der Waals surface area contributed by atoms with Crippen molar-refractivity contribution in [2.24, 2.45) is 0 Å². The van der Waals surface area contributed by atoms with Gasteiger partial charge in [0, 0.05) is 16.2 Å². The second-order valence-corrected chi connectivity index (χ2v) is 5.49. The first kappa shape index (κ1) is 13.7. The summed E-state index contributed by atoms with van der Waals surface area (Å²) >= 11 is 1.54. The Morgan fingerprint density at radius 1 is 1.14 bits per heavy atom. The highest BCUT2D eigenvalue weighted by Crippen LogP contribution is 2.27. The summed E-state index contributed by atoms with van der Waals surface area (Å²) in [6, 6.07) is 13.2. The Balaban J connectivity index is 1.71. The van der Waals surface area contributed by atoms with Crippen molar-refractivity contribution in [1.29, 1.82) is 0 Å². The lowest BCUT2D eigenvalue weighted by Gasteiger charge is -1.99. The van der Waals surface area contributed by atoms with E-state index in [-0.39, 0.29) is 11.6 Å². The molecular weight excluding hydrogens is 289 g/mol. The van der Waals surface area contributed by atoms with Crippen molar-refractivity contribution in [2.75, 3.05) is 0 Å². The summed E-state index contributed by atoms with van der Waals surface area (Å²) in [4.78, 5) is 5.29. The van der Waals surface area contributed by atoms with Gasteiger partial charge < -0.3 is 9.52 Å². The Hall–Kier alpha value is -2.27. The van der Waals surface area contributed by atoms with E-state index in [2.05, 4.69) is 4.98 Å². The van der Waals surface area contributed by atoms with Crippen LogP contribution < -0.4 is 0 Å². The molecule has 0 unspecified atom stereocenters. The van der Waals surface area contributed by atoms with Gasteiger partial charge in [0.25, 0.3) is 0 Å². The number of hydrogen-bond donors (Lipinski definition) is 1. The molecule has 0 amide bonds. The van der Waals surface area contributed by atoms with E-state index in [1.807, 2.05) is 6.07 Å². The molecule has 3 nitrogen and oxygen atoms in total. The summed E-state index contributed by atoms with van der Waals surface area (Å²) in [5.41, 5.74) is 1.38. The zero-order valence-electron chi connectivity index (χ0n) is 11.0. The second kappa shape index (κ2) is 6.01. The normalized spacial score (nSPS) is 10.7. The third-order valence-electron chi connectivity index (χ3n) is 2.83. The molecule has 0 bridgehead atoms. The largest absolute Gasteiger partial charge is 0.508 e. The molecule has 0 aliphatic carbocycles. The molecule has 3 aromatic rings. The van der Waals surface area contributed by atoms with Crippen LogP contribution in [0.1, 0.15) is 5.69 Å². The predicted octanol–water partition coefficient (Wildman–Crippen LogP) is 4.48. The predicted molar refractivity (Wildman–Crippen MR) is 79.6 cm³/mol. The number of aromatic hydroxyl groups is 1. The van der Waals surface area contributed by atoms with Crippen molar-refractivity contribution in [3.05, 3.63) is 66.3 Å². The number of nitrogens with zero attached hydrogens (tertiary/aromatic N) is 1. The molecule has 2 aromatic carbocycles. The number of phenolic OH excluding ortho intramolecular Hbond substituents is 1. The fourth-order valence-corrected chi connectivity index (χ4v) is 2.68. The number of phenols is 1. The minimum atomic E-state index is -0.318. The number of halogens is 1. The van der Waals surface area contributed by atoms with Gasteiger partial charge in [-0.05, 0) is 36.4 Å². The number of hydrogen-bond acceptors (Lipinski definition) is 4. The van der Waals surface area contributed by atoms with Crippen LogP contribution in [0.15, 0.2) is 64.1 Å². The molecule has 1 aromatic heterocycles. The van der Waals surface area contributed by atoms with Crippen molar-refractivity contribution >= 4 is 11.8 Å². The van der Waals surface area contributed by atoms with Crippen LogP contribution in [0.3, 0.4) is 0 Å². The maximum atomic E-state index is 13.2. The van der Waals surface area contributed by atoms with Crippen LogP contribution >= 0.6 is 11.8 Å². The minimum Gasteiger partial charge on any atom is -0.508 e. The molecule has 1 heterocycles. The maximum absolute atomic E-state index is 13.2. The van der Waals surface area contributed by atoms with Crippen molar-refractivity contribution in [2.45, 2.75) is 10.6 Å². The second-order valence-electron chi connectivity index (χ2n) is 4.44. The maximum Gasteiger partial charge on any atom is 0.226 e. The lowest BCUT2D eigenvalue weighted by Crippen LogP contribution is -1.83. The third-order valence-corrected chi connectivity index (χ3v) is 3.86. The molecule has 0 aliphatic heterocycles. The van der Waals surface area contributed by atoms with Crippen molar-refractivity contribution in [1.82, 2.24) is 4.98 Å². The van der Waals surface area contributed by atoms with E-state index in [9.17, 15) is 9.50 Å². The number of rotatable bonds is 4. The van der Waals surface area contributed by atoms with Gasteiger partial charge in [-0.3, -0.25) is 0 Å². The van der Waals surface area contributed by atoms with Gasteiger partial charge in [0.05, 0.1) is 5.69 Å². The third kappa shape index (κ3) is 3.44. The van der Waals surface area contributed by atoms with Gasteiger partial charge in [-0.2, -0.15) is 0 Å². The average Bonchev–Trinajstić information content (AvgIpc) is 2.94. The van der Waals surface area contributed by atoms with Gasteiger partial charge in [-0.15, -0.1) is 11.8 Å². The lowest BCUT2D eigenvalue weighted by molar-refractivity contribution is 0.474. The average molecular weight is 301 g/mol. The van der Waals surface area contributed by atoms with Crippen LogP contribution in [0.2, 0.25) is 0 Å². The number of oxazole rings is 1. The van der Waals surface area contributed by atoms with Crippen LogP contribution in [-0.4, -0.2) is 10.1 Å². The van der Waals surface area contributed by atoms with Gasteiger partial charge in [0.1, 0.15) is 17.8 Å². The Bertz CT molecular complexity index is 757. The standard InChI is InChI=1S/C16H12FNO2S/c17-12-4-1-3-11(7-12)16-18-13(9-20-16)10-21-15-6-2-5-14(19)8-15/h1-9,19H,10H2. The van der Waals surface area contributed by atoms with E-state index < -0.39 is 0 Å². The van der Waals surface area contributed by atoms with Crippen molar-refractivity contribution in [3.8, 4) is 17.2 Å². The van der Waals surface area contributed by atoms with Crippen molar-refractivity contribution in [3.63, 3.8) is 0 Å². The topological polar surface area (TPSA) is 46.3 Å². The summed E-state index contributed by atoms with van der Waals surface area (Å²) in [7, 11) is 0. The lowest BCUT2D eigenvalue weighted by atomic mass is 10.2. The molecule has 106 valence electrons. The van der Waals surface area contributed by atoms with Crippen LogP contribution in [0.5, 0.6) is 5.75 Å². The number of aromatic nitrogens is 1. The van der Waals surface area contributed by atoms with Crippen LogP contribution in [0.4, 0.5) is 4.39 Å². The highest BCUT2D eigenvalue weighted by molar-refractivity contribution is 7.98. The van der Waals surface area contributed by atoms with Gasteiger partial charge in [0.2, 0.25) is 5.89 Å². The number of thioether (sulfide) groups is 1. The highest BCUT2D eigenvalue weighted by Gasteiger charge is 2.08. The highest BCUT2D eigenvalue weighted by atomic mass is 32.2. The molecule has 3 rings (SSSR count). The molecule has 5 heteroatoms.